The molecule has 4 rings (SSSR count). The number of fused-ring (bicyclic) bond motifs is 1. The first kappa shape index (κ1) is 15.4. The summed E-state index contributed by atoms with van der Waals surface area (Å²) in [5.41, 5.74) is 4.80. The number of benzene rings is 2. The molecule has 0 saturated carbocycles. The molecule has 0 atom stereocenters. The quantitative estimate of drug-likeness (QED) is 0.462. The van der Waals surface area contributed by atoms with Crippen LogP contribution in [0.1, 0.15) is 16.1 Å². The van der Waals surface area contributed by atoms with Crippen LogP contribution < -0.4 is 0 Å². The Bertz CT molecular complexity index is 968. The summed E-state index contributed by atoms with van der Waals surface area (Å²) in [5.74, 6) is 0.835. The van der Waals surface area contributed by atoms with Crippen molar-refractivity contribution < 1.29 is 0 Å². The van der Waals surface area contributed by atoms with Gasteiger partial charge in [-0.1, -0.05) is 41.6 Å². The van der Waals surface area contributed by atoms with Crippen molar-refractivity contribution in [3.63, 3.8) is 0 Å². The van der Waals surface area contributed by atoms with Gasteiger partial charge in [0, 0.05) is 12.4 Å². The number of para-hydroxylation sites is 1. The van der Waals surface area contributed by atoms with Crippen molar-refractivity contribution in [3.8, 4) is 5.69 Å². The maximum atomic E-state index is 4.70. The van der Waals surface area contributed by atoms with E-state index < -0.39 is 0 Å². The molecule has 0 unspecified atom stereocenters. The van der Waals surface area contributed by atoms with Gasteiger partial charge in [-0.15, -0.1) is 11.3 Å². The van der Waals surface area contributed by atoms with Crippen molar-refractivity contribution in [3.05, 3.63) is 71.0 Å². The molecule has 120 valence electrons. The Morgan fingerprint density at radius 2 is 2.00 bits per heavy atom. The van der Waals surface area contributed by atoms with E-state index in [1.165, 1.54) is 21.5 Å². The van der Waals surface area contributed by atoms with Crippen LogP contribution in [0.4, 0.5) is 0 Å². The summed E-state index contributed by atoms with van der Waals surface area (Å²) in [4.78, 5) is 9.23. The minimum Gasteiger partial charge on any atom is -0.295 e. The first-order valence-electron chi connectivity index (χ1n) is 7.79. The summed E-state index contributed by atoms with van der Waals surface area (Å²) in [6.45, 7) is 4.26. The van der Waals surface area contributed by atoms with Gasteiger partial charge in [-0.05, 0) is 37.6 Å². The number of aryl methyl sites for hydroxylation is 2. The van der Waals surface area contributed by atoms with Gasteiger partial charge in [0.15, 0.2) is 5.16 Å². The number of hydrogen-bond acceptors (Lipinski definition) is 4. The fourth-order valence-corrected chi connectivity index (χ4v) is 4.69. The van der Waals surface area contributed by atoms with E-state index >= 15 is 0 Å². The third kappa shape index (κ3) is 2.97. The first-order chi connectivity index (χ1) is 11.7. The molecule has 0 saturated heterocycles. The molecule has 0 aliphatic rings. The van der Waals surface area contributed by atoms with Crippen LogP contribution in [0.25, 0.3) is 15.9 Å². The predicted molar refractivity (Wildman–Crippen MR) is 102 cm³/mol. The molecule has 0 amide bonds. The van der Waals surface area contributed by atoms with Gasteiger partial charge in [0.05, 0.1) is 21.7 Å². The normalized spacial score (nSPS) is 11.2. The predicted octanol–water partition coefficient (Wildman–Crippen LogP) is 5.39. The molecule has 0 radical (unpaired) electrons. The minimum atomic E-state index is 0.835. The van der Waals surface area contributed by atoms with Crippen molar-refractivity contribution >= 4 is 33.3 Å². The largest absolute Gasteiger partial charge is 0.295 e. The summed E-state index contributed by atoms with van der Waals surface area (Å²) in [6.07, 6.45) is 3.89. The molecule has 0 fully saturated rings. The zero-order valence-electron chi connectivity index (χ0n) is 13.6. The molecular formula is C19H17N3S2. The van der Waals surface area contributed by atoms with E-state index in [-0.39, 0.29) is 0 Å². The Kier molecular flexibility index (Phi) is 4.12. The van der Waals surface area contributed by atoms with Crippen molar-refractivity contribution in [2.75, 3.05) is 0 Å². The second kappa shape index (κ2) is 6.42. The van der Waals surface area contributed by atoms with E-state index in [2.05, 4.69) is 59.8 Å². The fraction of sp³-hybridized carbons (Fsp3) is 0.158. The zero-order valence-corrected chi connectivity index (χ0v) is 15.2. The number of hydrogen-bond donors (Lipinski definition) is 0. The fourth-order valence-electron chi connectivity index (χ4n) is 2.76. The molecule has 2 heterocycles. The average Bonchev–Trinajstić information content (AvgIpc) is 3.19. The number of nitrogens with zero attached hydrogens (tertiary/aromatic N) is 3. The number of imidazole rings is 1. The highest BCUT2D eigenvalue weighted by molar-refractivity contribution is 7.98. The van der Waals surface area contributed by atoms with Crippen LogP contribution in [0.3, 0.4) is 0 Å². The lowest BCUT2D eigenvalue weighted by molar-refractivity contribution is 0.887. The van der Waals surface area contributed by atoms with Crippen LogP contribution in [0.2, 0.25) is 0 Å². The highest BCUT2D eigenvalue weighted by Gasteiger charge is 2.10. The summed E-state index contributed by atoms with van der Waals surface area (Å²) in [6, 6.07) is 14.8. The van der Waals surface area contributed by atoms with Crippen molar-refractivity contribution in [2.24, 2.45) is 0 Å². The van der Waals surface area contributed by atoms with Gasteiger partial charge in [0.2, 0.25) is 0 Å². The standard InChI is InChI=1S/C19H17N3S2/c1-13-7-8-16(14(2)11-13)22-10-9-20-19(22)23-12-18-21-15-5-3-4-6-17(15)24-18/h3-11H,12H2,1-2H3. The molecule has 0 aliphatic carbocycles. The number of rotatable bonds is 4. The second-order valence-electron chi connectivity index (χ2n) is 5.73. The number of aromatic nitrogens is 3. The monoisotopic (exact) mass is 351 g/mol. The Hall–Kier alpha value is -2.11. The molecule has 0 bridgehead atoms. The van der Waals surface area contributed by atoms with Gasteiger partial charge in [-0.2, -0.15) is 0 Å². The van der Waals surface area contributed by atoms with Crippen LogP contribution in [0.15, 0.2) is 60.0 Å². The van der Waals surface area contributed by atoms with Gasteiger partial charge in [0.25, 0.3) is 0 Å². The van der Waals surface area contributed by atoms with Gasteiger partial charge >= 0.3 is 0 Å². The summed E-state index contributed by atoms with van der Waals surface area (Å²) in [7, 11) is 0. The lowest BCUT2D eigenvalue weighted by Gasteiger charge is -2.10. The van der Waals surface area contributed by atoms with Gasteiger partial charge in [-0.25, -0.2) is 9.97 Å². The highest BCUT2D eigenvalue weighted by atomic mass is 32.2. The molecule has 0 spiro atoms. The molecule has 0 N–H and O–H groups in total. The van der Waals surface area contributed by atoms with Gasteiger partial charge in [-0.3, -0.25) is 4.57 Å². The molecule has 4 aromatic rings. The molecule has 24 heavy (non-hydrogen) atoms. The zero-order chi connectivity index (χ0) is 16.5. The highest BCUT2D eigenvalue weighted by Crippen LogP contribution is 2.29. The summed E-state index contributed by atoms with van der Waals surface area (Å²) >= 11 is 3.49. The van der Waals surface area contributed by atoms with Crippen molar-refractivity contribution in [2.45, 2.75) is 24.8 Å². The van der Waals surface area contributed by atoms with Crippen LogP contribution in [0.5, 0.6) is 0 Å². The SMILES string of the molecule is Cc1ccc(-n2ccnc2SCc2nc3ccccc3s2)c(C)c1. The summed E-state index contributed by atoms with van der Waals surface area (Å²) in [5, 5.41) is 2.14. The topological polar surface area (TPSA) is 30.7 Å². The van der Waals surface area contributed by atoms with Crippen molar-refractivity contribution in [1.29, 1.82) is 0 Å². The maximum Gasteiger partial charge on any atom is 0.172 e. The van der Waals surface area contributed by atoms with E-state index in [0.29, 0.717) is 0 Å². The molecule has 2 aromatic carbocycles. The van der Waals surface area contributed by atoms with Crippen LogP contribution >= 0.6 is 23.1 Å². The second-order valence-corrected chi connectivity index (χ2v) is 7.79. The van der Waals surface area contributed by atoms with Crippen LogP contribution in [-0.4, -0.2) is 14.5 Å². The van der Waals surface area contributed by atoms with E-state index in [4.69, 9.17) is 4.98 Å². The molecule has 5 heteroatoms. The van der Waals surface area contributed by atoms with Crippen LogP contribution in [-0.2, 0) is 5.75 Å². The molecule has 2 aromatic heterocycles. The van der Waals surface area contributed by atoms with E-state index in [9.17, 15) is 0 Å². The summed E-state index contributed by atoms with van der Waals surface area (Å²) < 4.78 is 3.40. The van der Waals surface area contributed by atoms with Crippen molar-refractivity contribution in [1.82, 2.24) is 14.5 Å². The molecule has 0 aliphatic heterocycles. The molecule has 3 nitrogen and oxygen atoms in total. The Labute approximate surface area is 149 Å². The number of thiazole rings is 1. The minimum absolute atomic E-state index is 0.835. The van der Waals surface area contributed by atoms with Crippen LogP contribution in [0, 0.1) is 13.8 Å². The number of thioether (sulfide) groups is 1. The maximum absolute atomic E-state index is 4.70. The lowest BCUT2D eigenvalue weighted by atomic mass is 10.1. The Balaban J connectivity index is 1.58. The lowest BCUT2D eigenvalue weighted by Crippen LogP contribution is -1.98. The third-order valence-electron chi connectivity index (χ3n) is 3.88. The van der Waals surface area contributed by atoms with E-state index in [0.717, 1.165) is 21.4 Å². The van der Waals surface area contributed by atoms with E-state index in [1.54, 1.807) is 23.1 Å². The third-order valence-corrected chi connectivity index (χ3v) is 6.08. The van der Waals surface area contributed by atoms with E-state index in [1.807, 2.05) is 18.5 Å². The smallest absolute Gasteiger partial charge is 0.172 e. The molecular weight excluding hydrogens is 334 g/mol. The van der Waals surface area contributed by atoms with Gasteiger partial charge in [0.1, 0.15) is 5.01 Å². The van der Waals surface area contributed by atoms with Gasteiger partial charge < -0.3 is 0 Å². The average molecular weight is 352 g/mol. The Morgan fingerprint density at radius 3 is 2.83 bits per heavy atom. The first-order valence-corrected chi connectivity index (χ1v) is 9.59. The Morgan fingerprint density at radius 1 is 1.12 bits per heavy atom.